The summed E-state index contributed by atoms with van der Waals surface area (Å²) in [5, 5.41) is 3.40. The molecule has 1 heteroatoms. The van der Waals surface area contributed by atoms with Crippen LogP contribution in [0.4, 0.5) is 0 Å². The molecule has 0 aromatic heterocycles. The summed E-state index contributed by atoms with van der Waals surface area (Å²) in [5.41, 5.74) is 4.11. The normalized spacial score (nSPS) is 24.9. The van der Waals surface area contributed by atoms with Crippen LogP contribution in [0.2, 0.25) is 0 Å². The Balaban J connectivity index is 2.87. The lowest BCUT2D eigenvalue weighted by Gasteiger charge is -2.05. The highest BCUT2D eigenvalue weighted by Gasteiger charge is 2.15. The highest BCUT2D eigenvalue weighted by Crippen LogP contribution is 2.18. The van der Waals surface area contributed by atoms with E-state index in [0.29, 0.717) is 6.04 Å². The number of hydrogen-bond donors (Lipinski definition) is 1. The molecule has 0 radical (unpaired) electrons. The molecule has 1 heterocycles. The first-order chi connectivity index (χ1) is 5.65. The predicted molar refractivity (Wildman–Crippen MR) is 54.1 cm³/mol. The summed E-state index contributed by atoms with van der Waals surface area (Å²) in [7, 11) is 0. The van der Waals surface area contributed by atoms with Gasteiger partial charge in [-0.25, -0.2) is 0 Å². The highest BCUT2D eigenvalue weighted by atomic mass is 14.9. The maximum Gasteiger partial charge on any atom is 0.0294 e. The van der Waals surface area contributed by atoms with Gasteiger partial charge in [-0.2, -0.15) is 0 Å². The van der Waals surface area contributed by atoms with Gasteiger partial charge in [0.15, 0.2) is 0 Å². The van der Waals surface area contributed by atoms with Crippen LogP contribution in [-0.4, -0.2) is 12.6 Å². The quantitative estimate of drug-likeness (QED) is 0.616. The minimum Gasteiger partial charge on any atom is -0.306 e. The van der Waals surface area contributed by atoms with E-state index in [9.17, 15) is 0 Å². The summed E-state index contributed by atoms with van der Waals surface area (Å²) >= 11 is 0. The van der Waals surface area contributed by atoms with Crippen molar-refractivity contribution >= 4 is 0 Å². The molecule has 0 aromatic rings. The second-order valence-corrected chi connectivity index (χ2v) is 3.43. The van der Waals surface area contributed by atoms with Gasteiger partial charge in [-0.1, -0.05) is 29.9 Å². The molecule has 1 N–H and O–H groups in total. The van der Waals surface area contributed by atoms with E-state index in [2.05, 4.69) is 38.7 Å². The van der Waals surface area contributed by atoms with Crippen molar-refractivity contribution in [1.82, 2.24) is 5.32 Å². The first-order valence-corrected chi connectivity index (χ1v) is 4.39. The maximum atomic E-state index is 3.74. The van der Waals surface area contributed by atoms with Gasteiger partial charge in [0.2, 0.25) is 0 Å². The minimum atomic E-state index is 0.500. The third-order valence-corrected chi connectivity index (χ3v) is 2.34. The lowest BCUT2D eigenvalue weighted by atomic mass is 10.0. The summed E-state index contributed by atoms with van der Waals surface area (Å²) in [6, 6.07) is 0.500. The van der Waals surface area contributed by atoms with Crippen molar-refractivity contribution < 1.29 is 0 Å². The molecule has 1 rings (SSSR count). The van der Waals surface area contributed by atoms with Gasteiger partial charge in [0.05, 0.1) is 0 Å². The van der Waals surface area contributed by atoms with Crippen LogP contribution in [-0.2, 0) is 0 Å². The average molecular weight is 163 g/mol. The lowest BCUT2D eigenvalue weighted by molar-refractivity contribution is 0.707. The van der Waals surface area contributed by atoms with Crippen LogP contribution in [0, 0.1) is 0 Å². The van der Waals surface area contributed by atoms with Crippen LogP contribution < -0.4 is 5.32 Å². The van der Waals surface area contributed by atoms with Crippen LogP contribution in [0.1, 0.15) is 20.8 Å². The minimum absolute atomic E-state index is 0.500. The van der Waals surface area contributed by atoms with Crippen LogP contribution in [0.3, 0.4) is 0 Å². The van der Waals surface area contributed by atoms with Crippen LogP contribution in [0.15, 0.2) is 35.5 Å². The van der Waals surface area contributed by atoms with Crippen molar-refractivity contribution in [3.63, 3.8) is 0 Å². The summed E-state index contributed by atoms with van der Waals surface area (Å²) < 4.78 is 0. The SMILES string of the molecule is C=C/C(C)=C\C1=C(C)CNC1C. The fourth-order valence-corrected chi connectivity index (χ4v) is 1.44. The zero-order chi connectivity index (χ0) is 9.14. The van der Waals surface area contributed by atoms with Crippen molar-refractivity contribution in [2.45, 2.75) is 26.8 Å². The average Bonchev–Trinajstić information content (AvgIpc) is 2.35. The first-order valence-electron chi connectivity index (χ1n) is 4.39. The summed E-state index contributed by atoms with van der Waals surface area (Å²) in [6.07, 6.45) is 4.11. The van der Waals surface area contributed by atoms with Crippen LogP contribution in [0.5, 0.6) is 0 Å². The van der Waals surface area contributed by atoms with Crippen molar-refractivity contribution in [3.8, 4) is 0 Å². The second-order valence-electron chi connectivity index (χ2n) is 3.43. The molecule has 0 bridgehead atoms. The zero-order valence-corrected chi connectivity index (χ0v) is 8.15. The summed E-state index contributed by atoms with van der Waals surface area (Å²) in [4.78, 5) is 0. The van der Waals surface area contributed by atoms with Crippen molar-refractivity contribution in [2.75, 3.05) is 6.54 Å². The number of nitrogens with one attached hydrogen (secondary N) is 1. The lowest BCUT2D eigenvalue weighted by Crippen LogP contribution is -2.20. The van der Waals surface area contributed by atoms with E-state index >= 15 is 0 Å². The largest absolute Gasteiger partial charge is 0.306 e. The van der Waals surface area contributed by atoms with Crippen LogP contribution in [0.25, 0.3) is 0 Å². The molecule has 0 fully saturated rings. The fraction of sp³-hybridized carbons (Fsp3) is 0.455. The Labute approximate surface area is 74.9 Å². The number of rotatable bonds is 2. The van der Waals surface area contributed by atoms with E-state index in [1.807, 2.05) is 6.08 Å². The van der Waals surface area contributed by atoms with Gasteiger partial charge < -0.3 is 5.32 Å². The molecule has 1 atom stereocenters. The molecule has 0 aromatic carbocycles. The molecule has 0 saturated heterocycles. The molecule has 0 saturated carbocycles. The van der Waals surface area contributed by atoms with Gasteiger partial charge in [-0.15, -0.1) is 0 Å². The van der Waals surface area contributed by atoms with E-state index in [1.54, 1.807) is 0 Å². The van der Waals surface area contributed by atoms with E-state index in [4.69, 9.17) is 0 Å². The smallest absolute Gasteiger partial charge is 0.0294 e. The molecule has 0 spiro atoms. The summed E-state index contributed by atoms with van der Waals surface area (Å²) in [5.74, 6) is 0. The summed E-state index contributed by atoms with van der Waals surface area (Å²) in [6.45, 7) is 11.2. The van der Waals surface area contributed by atoms with Gasteiger partial charge in [0.25, 0.3) is 0 Å². The predicted octanol–water partition coefficient (Wildman–Crippen LogP) is 2.43. The van der Waals surface area contributed by atoms with Gasteiger partial charge in [-0.05, 0) is 26.3 Å². The third kappa shape index (κ3) is 1.86. The Hall–Kier alpha value is -0.820. The van der Waals surface area contributed by atoms with Crippen LogP contribution >= 0.6 is 0 Å². The molecule has 1 aliphatic rings. The van der Waals surface area contributed by atoms with Crippen molar-refractivity contribution in [1.29, 1.82) is 0 Å². The second kappa shape index (κ2) is 3.72. The zero-order valence-electron chi connectivity index (χ0n) is 8.15. The number of hydrogen-bond acceptors (Lipinski definition) is 1. The molecule has 1 unspecified atom stereocenters. The molecule has 1 aliphatic heterocycles. The molecular formula is C11H17N. The monoisotopic (exact) mass is 163 g/mol. The molecule has 0 amide bonds. The van der Waals surface area contributed by atoms with Gasteiger partial charge in [0, 0.05) is 12.6 Å². The first kappa shape index (κ1) is 9.27. The molecule has 66 valence electrons. The third-order valence-electron chi connectivity index (χ3n) is 2.34. The fourth-order valence-electron chi connectivity index (χ4n) is 1.44. The maximum absolute atomic E-state index is 3.74. The molecule has 1 nitrogen and oxygen atoms in total. The van der Waals surface area contributed by atoms with E-state index < -0.39 is 0 Å². The standard InChI is InChI=1S/C11H17N/c1-5-8(2)6-11-9(3)7-12-10(11)4/h5-6,10,12H,1,7H2,2-4H3/b8-6-. The molecular weight excluding hydrogens is 146 g/mol. The van der Waals surface area contributed by atoms with Gasteiger partial charge in [-0.3, -0.25) is 0 Å². The Morgan fingerprint density at radius 3 is 2.75 bits per heavy atom. The number of allylic oxidation sites excluding steroid dienone is 2. The Morgan fingerprint density at radius 1 is 1.67 bits per heavy atom. The molecule has 12 heavy (non-hydrogen) atoms. The van der Waals surface area contributed by atoms with E-state index in [0.717, 1.165) is 6.54 Å². The van der Waals surface area contributed by atoms with E-state index in [-0.39, 0.29) is 0 Å². The molecule has 0 aliphatic carbocycles. The Bertz CT molecular complexity index is 246. The highest BCUT2D eigenvalue weighted by molar-refractivity contribution is 5.38. The van der Waals surface area contributed by atoms with Gasteiger partial charge >= 0.3 is 0 Å². The topological polar surface area (TPSA) is 12.0 Å². The van der Waals surface area contributed by atoms with E-state index in [1.165, 1.54) is 16.7 Å². The van der Waals surface area contributed by atoms with Gasteiger partial charge in [0.1, 0.15) is 0 Å². The van der Waals surface area contributed by atoms with Crippen molar-refractivity contribution in [2.24, 2.45) is 0 Å². The van der Waals surface area contributed by atoms with Crippen molar-refractivity contribution in [3.05, 3.63) is 35.5 Å². The Morgan fingerprint density at radius 2 is 2.33 bits per heavy atom. The Kier molecular flexibility index (Phi) is 2.88.